The van der Waals surface area contributed by atoms with E-state index in [1.54, 1.807) is 38.1 Å². The summed E-state index contributed by atoms with van der Waals surface area (Å²) in [5, 5.41) is 16.6. The van der Waals surface area contributed by atoms with E-state index in [4.69, 9.17) is 0 Å². The van der Waals surface area contributed by atoms with Crippen LogP contribution >= 0.6 is 0 Å². The van der Waals surface area contributed by atoms with E-state index in [0.717, 1.165) is 0 Å². The van der Waals surface area contributed by atoms with Gasteiger partial charge >= 0.3 is 0 Å². The molecule has 6 nitrogen and oxygen atoms in total. The first-order chi connectivity index (χ1) is 9.01. The molecule has 3 rings (SSSR count). The number of rotatable bonds is 2. The Balaban J connectivity index is 2.00. The molecule has 1 spiro atoms. The summed E-state index contributed by atoms with van der Waals surface area (Å²) in [4.78, 5) is 23.2. The van der Waals surface area contributed by atoms with Crippen LogP contribution in [0.4, 0.5) is 5.69 Å². The average Bonchev–Trinajstić information content (AvgIpc) is 2.95. The first-order valence-corrected chi connectivity index (χ1v) is 6.10. The van der Waals surface area contributed by atoms with Gasteiger partial charge in [0.25, 0.3) is 5.91 Å². The molecular formula is C13H13N3O3. The van der Waals surface area contributed by atoms with Gasteiger partial charge in [0.1, 0.15) is 0 Å². The monoisotopic (exact) mass is 259 g/mol. The Labute approximate surface area is 109 Å². The molecule has 1 aliphatic heterocycles. The molecule has 1 amide bonds. The highest BCUT2D eigenvalue weighted by Crippen LogP contribution is 2.59. The van der Waals surface area contributed by atoms with Crippen LogP contribution in [0.3, 0.4) is 0 Å². The zero-order chi connectivity index (χ0) is 13.8. The number of hydrogen-bond donors (Lipinski definition) is 0. The maximum absolute atomic E-state index is 12.5. The Morgan fingerprint density at radius 3 is 2.53 bits per heavy atom. The molecule has 0 radical (unpaired) electrons. The highest BCUT2D eigenvalue weighted by atomic mass is 16.6. The number of anilines is 1. The molecule has 1 saturated carbocycles. The number of nitrogens with zero attached hydrogens (tertiary/aromatic N) is 3. The fourth-order valence-electron chi connectivity index (χ4n) is 3.10. The van der Waals surface area contributed by atoms with Gasteiger partial charge in [-0.25, -0.2) is 0 Å². The van der Waals surface area contributed by atoms with Gasteiger partial charge in [-0.1, -0.05) is 25.1 Å². The molecule has 1 fully saturated rings. The van der Waals surface area contributed by atoms with Crippen LogP contribution in [0.1, 0.15) is 13.8 Å². The Morgan fingerprint density at radius 2 is 2.00 bits per heavy atom. The number of carbonyl (C=O) groups is 1. The Kier molecular flexibility index (Phi) is 2.26. The number of hydrazone groups is 1. The molecule has 98 valence electrons. The smallest absolute Gasteiger partial charge is 0.266 e. The number of benzene rings is 1. The Hall–Kier alpha value is -2.24. The second-order valence-corrected chi connectivity index (χ2v) is 5.03. The summed E-state index contributed by atoms with van der Waals surface area (Å²) in [5.41, 5.74) is 0.153. The molecule has 19 heavy (non-hydrogen) atoms. The topological polar surface area (TPSA) is 75.8 Å². The minimum atomic E-state index is -1.03. The minimum absolute atomic E-state index is 0.287. The van der Waals surface area contributed by atoms with E-state index < -0.39 is 11.5 Å². The van der Waals surface area contributed by atoms with E-state index in [-0.39, 0.29) is 16.7 Å². The highest BCUT2D eigenvalue weighted by molar-refractivity contribution is 6.21. The van der Waals surface area contributed by atoms with Gasteiger partial charge in [-0.2, -0.15) is 10.1 Å². The lowest BCUT2D eigenvalue weighted by molar-refractivity contribution is -0.501. The van der Waals surface area contributed by atoms with Crippen LogP contribution < -0.4 is 5.01 Å². The van der Waals surface area contributed by atoms with E-state index in [1.165, 1.54) is 5.01 Å². The second kappa shape index (κ2) is 3.63. The van der Waals surface area contributed by atoms with Crippen molar-refractivity contribution >= 4 is 17.3 Å². The predicted molar refractivity (Wildman–Crippen MR) is 69.4 cm³/mol. The number of para-hydroxylation sites is 1. The summed E-state index contributed by atoms with van der Waals surface area (Å²) in [5.74, 6) is -0.585. The third kappa shape index (κ3) is 1.31. The van der Waals surface area contributed by atoms with Crippen LogP contribution in [0.25, 0.3) is 0 Å². The Morgan fingerprint density at radius 1 is 1.37 bits per heavy atom. The third-order valence-electron chi connectivity index (χ3n) is 4.17. The van der Waals surface area contributed by atoms with Gasteiger partial charge in [0, 0.05) is 4.92 Å². The van der Waals surface area contributed by atoms with Crippen molar-refractivity contribution in [3.8, 4) is 0 Å². The quantitative estimate of drug-likeness (QED) is 0.599. The van der Waals surface area contributed by atoms with Gasteiger partial charge in [-0.15, -0.1) is 0 Å². The molecule has 0 bridgehead atoms. The van der Waals surface area contributed by atoms with E-state index in [9.17, 15) is 14.9 Å². The van der Waals surface area contributed by atoms with Gasteiger partial charge in [0.2, 0.25) is 6.04 Å². The van der Waals surface area contributed by atoms with Crippen molar-refractivity contribution < 1.29 is 9.72 Å². The van der Waals surface area contributed by atoms with Crippen molar-refractivity contribution in [3.63, 3.8) is 0 Å². The number of nitro groups is 1. The Bertz CT molecular complexity index is 598. The fourth-order valence-corrected chi connectivity index (χ4v) is 3.10. The summed E-state index contributed by atoms with van der Waals surface area (Å²) in [6, 6.07) is 8.14. The standard InChI is InChI=1S/C13H13N3O3/c1-8-11(16(18)19)13(8)9(2)14-15(12(13)17)10-6-4-3-5-7-10/h3-8,11H,1-2H3/t8-,11+,13-/m1/s1. The van der Waals surface area contributed by atoms with Crippen molar-refractivity contribution in [3.05, 3.63) is 40.4 Å². The van der Waals surface area contributed by atoms with Gasteiger partial charge in [-0.05, 0) is 19.1 Å². The molecule has 0 N–H and O–H groups in total. The molecule has 1 aliphatic carbocycles. The largest absolute Gasteiger partial charge is 0.271 e. The second-order valence-electron chi connectivity index (χ2n) is 5.03. The molecule has 0 aromatic heterocycles. The number of carbonyl (C=O) groups excluding carboxylic acids is 1. The molecule has 3 atom stereocenters. The van der Waals surface area contributed by atoms with Gasteiger partial charge < -0.3 is 0 Å². The molecule has 1 aromatic carbocycles. The van der Waals surface area contributed by atoms with E-state index >= 15 is 0 Å². The zero-order valence-corrected chi connectivity index (χ0v) is 10.6. The lowest BCUT2D eigenvalue weighted by Crippen LogP contribution is -2.33. The van der Waals surface area contributed by atoms with Crippen LogP contribution in [0.15, 0.2) is 35.4 Å². The molecule has 6 heteroatoms. The average molecular weight is 259 g/mol. The van der Waals surface area contributed by atoms with Crippen LogP contribution in [0.5, 0.6) is 0 Å². The van der Waals surface area contributed by atoms with E-state index in [0.29, 0.717) is 11.4 Å². The fraction of sp³-hybridized carbons (Fsp3) is 0.385. The van der Waals surface area contributed by atoms with E-state index in [1.807, 2.05) is 6.07 Å². The maximum Gasteiger partial charge on any atom is 0.266 e. The first kappa shape index (κ1) is 11.8. The summed E-state index contributed by atoms with van der Waals surface area (Å²) in [6.45, 7) is 3.43. The van der Waals surface area contributed by atoms with Crippen molar-refractivity contribution in [2.24, 2.45) is 16.4 Å². The van der Waals surface area contributed by atoms with Gasteiger partial charge in [-0.3, -0.25) is 14.9 Å². The van der Waals surface area contributed by atoms with Gasteiger partial charge in [0.15, 0.2) is 5.41 Å². The molecule has 0 saturated heterocycles. The highest BCUT2D eigenvalue weighted by Gasteiger charge is 2.80. The summed E-state index contributed by atoms with van der Waals surface area (Å²) < 4.78 is 0. The lowest BCUT2D eigenvalue weighted by Gasteiger charge is -2.13. The summed E-state index contributed by atoms with van der Waals surface area (Å²) >= 11 is 0. The van der Waals surface area contributed by atoms with Crippen molar-refractivity contribution in [1.29, 1.82) is 0 Å². The lowest BCUT2D eigenvalue weighted by atomic mass is 9.98. The molecule has 1 aromatic rings. The summed E-state index contributed by atoms with van der Waals surface area (Å²) in [7, 11) is 0. The normalized spacial score (nSPS) is 32.6. The molecular weight excluding hydrogens is 246 g/mol. The zero-order valence-electron chi connectivity index (χ0n) is 10.6. The van der Waals surface area contributed by atoms with E-state index in [2.05, 4.69) is 5.10 Å². The summed E-state index contributed by atoms with van der Waals surface area (Å²) in [6.07, 6.45) is 0. The number of amides is 1. The van der Waals surface area contributed by atoms with Crippen molar-refractivity contribution in [2.75, 3.05) is 5.01 Å². The number of hydrogen-bond acceptors (Lipinski definition) is 4. The van der Waals surface area contributed by atoms with Crippen LogP contribution in [-0.2, 0) is 4.79 Å². The predicted octanol–water partition coefficient (Wildman–Crippen LogP) is 1.69. The molecule has 0 unspecified atom stereocenters. The molecule has 1 heterocycles. The SMILES string of the molecule is CC1=NN(c2ccccc2)C(=O)[C@]12[C@H](C)[C@@H]2[N+](=O)[O-]. The van der Waals surface area contributed by atoms with Gasteiger partial charge in [0.05, 0.1) is 17.3 Å². The van der Waals surface area contributed by atoms with Crippen molar-refractivity contribution in [1.82, 2.24) is 0 Å². The maximum atomic E-state index is 12.5. The van der Waals surface area contributed by atoms with Crippen LogP contribution in [0.2, 0.25) is 0 Å². The minimum Gasteiger partial charge on any atom is -0.271 e. The van der Waals surface area contributed by atoms with Crippen LogP contribution in [0, 0.1) is 21.4 Å². The molecule has 2 aliphatic rings. The van der Waals surface area contributed by atoms with Crippen molar-refractivity contribution in [2.45, 2.75) is 19.9 Å². The first-order valence-electron chi connectivity index (χ1n) is 6.10. The third-order valence-corrected chi connectivity index (χ3v) is 4.17. The van der Waals surface area contributed by atoms with Crippen LogP contribution in [-0.4, -0.2) is 22.6 Å².